The number of hydrogen-bond acceptors (Lipinski definition) is 3. The fourth-order valence-corrected chi connectivity index (χ4v) is 1.59. The lowest BCUT2D eigenvalue weighted by Crippen LogP contribution is -2.11. The molecule has 0 radical (unpaired) electrons. The van der Waals surface area contributed by atoms with Crippen LogP contribution in [-0.4, -0.2) is 16.1 Å². The number of nitrogens with zero attached hydrogens (tertiary/aromatic N) is 1. The van der Waals surface area contributed by atoms with Crippen molar-refractivity contribution >= 4 is 5.97 Å². The summed E-state index contributed by atoms with van der Waals surface area (Å²) in [5, 5.41) is 8.69. The lowest BCUT2D eigenvalue weighted by Gasteiger charge is -2.01. The fraction of sp³-hybridized carbons (Fsp3) is 0.167. The van der Waals surface area contributed by atoms with Crippen LogP contribution in [0.3, 0.4) is 0 Å². The highest BCUT2D eigenvalue weighted by molar-refractivity contribution is 5.86. The van der Waals surface area contributed by atoms with E-state index in [1.165, 1.54) is 19.1 Å². The number of carboxylic acid groups (broad SMARTS) is 1. The van der Waals surface area contributed by atoms with E-state index in [9.17, 15) is 22.4 Å². The third-order valence-corrected chi connectivity index (χ3v) is 2.51. The van der Waals surface area contributed by atoms with Crippen molar-refractivity contribution in [2.45, 2.75) is 13.1 Å². The monoisotopic (exact) mass is 289 g/mol. The number of halogens is 4. The van der Waals surface area contributed by atoms with Gasteiger partial charge in [0.1, 0.15) is 5.82 Å². The molecule has 0 saturated heterocycles. The van der Waals surface area contributed by atoms with Crippen molar-refractivity contribution < 1.29 is 31.9 Å². The highest BCUT2D eigenvalue weighted by Crippen LogP contribution is 2.35. The minimum Gasteiger partial charge on any atom is -0.475 e. The number of oxazole rings is 1. The van der Waals surface area contributed by atoms with Crippen LogP contribution < -0.4 is 0 Å². The largest absolute Gasteiger partial charge is 0.475 e. The Morgan fingerprint density at radius 2 is 2.00 bits per heavy atom. The first-order valence-electron chi connectivity index (χ1n) is 5.28. The maximum absolute atomic E-state index is 13.8. The van der Waals surface area contributed by atoms with Gasteiger partial charge in [-0.05, 0) is 18.6 Å². The van der Waals surface area contributed by atoms with Crippen LogP contribution in [0.4, 0.5) is 17.6 Å². The van der Waals surface area contributed by atoms with Crippen LogP contribution in [0.2, 0.25) is 0 Å². The molecule has 1 N–H and O–H groups in total. The average molecular weight is 289 g/mol. The van der Waals surface area contributed by atoms with Gasteiger partial charge in [0.25, 0.3) is 0 Å². The number of carbonyl (C=O) groups is 1. The third kappa shape index (κ3) is 2.36. The summed E-state index contributed by atoms with van der Waals surface area (Å²) in [7, 11) is 0. The summed E-state index contributed by atoms with van der Waals surface area (Å²) in [5.74, 6) is -4.84. The van der Waals surface area contributed by atoms with E-state index in [4.69, 9.17) is 5.11 Å². The van der Waals surface area contributed by atoms with Gasteiger partial charge in [0, 0.05) is 0 Å². The molecule has 0 aliphatic carbocycles. The van der Waals surface area contributed by atoms with Crippen molar-refractivity contribution in [1.29, 1.82) is 0 Å². The highest BCUT2D eigenvalue weighted by Gasteiger charge is 2.41. The molecule has 1 aromatic carbocycles. The number of carboxylic acids is 1. The summed E-state index contributed by atoms with van der Waals surface area (Å²) in [4.78, 5) is 13.8. The van der Waals surface area contributed by atoms with Crippen LogP contribution in [0, 0.1) is 12.7 Å². The molecule has 4 nitrogen and oxygen atoms in total. The maximum atomic E-state index is 13.8. The average Bonchev–Trinajstić information content (AvgIpc) is 2.77. The van der Waals surface area contributed by atoms with Crippen LogP contribution in [0.25, 0.3) is 11.5 Å². The van der Waals surface area contributed by atoms with Crippen LogP contribution in [0.15, 0.2) is 22.6 Å². The Morgan fingerprint density at radius 1 is 1.35 bits per heavy atom. The Kier molecular flexibility index (Phi) is 3.24. The Balaban J connectivity index is 2.65. The zero-order valence-corrected chi connectivity index (χ0v) is 9.95. The first kappa shape index (κ1) is 14.0. The van der Waals surface area contributed by atoms with Gasteiger partial charge >= 0.3 is 12.1 Å². The van der Waals surface area contributed by atoms with E-state index < -0.39 is 35.3 Å². The standard InChI is InChI=1S/C12H7F4NO3/c1-5-3-2-4-6(7(5)13)10-17-9(12(14,15)16)8(20-10)11(18)19/h2-4H,1H3,(H,18,19). The summed E-state index contributed by atoms with van der Waals surface area (Å²) >= 11 is 0. The van der Waals surface area contributed by atoms with Crippen LogP contribution in [-0.2, 0) is 6.18 Å². The molecule has 1 heterocycles. The summed E-state index contributed by atoms with van der Waals surface area (Å²) in [6.07, 6.45) is -5.00. The summed E-state index contributed by atoms with van der Waals surface area (Å²) in [5.41, 5.74) is -1.85. The maximum Gasteiger partial charge on any atom is 0.437 e. The van der Waals surface area contributed by atoms with Crippen molar-refractivity contribution in [2.24, 2.45) is 0 Å². The summed E-state index contributed by atoms with van der Waals surface area (Å²) in [6, 6.07) is 3.95. The Morgan fingerprint density at radius 3 is 2.50 bits per heavy atom. The number of hydrogen-bond donors (Lipinski definition) is 1. The van der Waals surface area contributed by atoms with E-state index in [1.807, 2.05) is 0 Å². The highest BCUT2D eigenvalue weighted by atomic mass is 19.4. The summed E-state index contributed by atoms with van der Waals surface area (Å²) in [6.45, 7) is 1.41. The third-order valence-electron chi connectivity index (χ3n) is 2.51. The molecule has 0 spiro atoms. The van der Waals surface area contributed by atoms with E-state index in [0.717, 1.165) is 6.07 Å². The molecular formula is C12H7F4NO3. The van der Waals surface area contributed by atoms with Gasteiger partial charge in [-0.15, -0.1) is 0 Å². The smallest absolute Gasteiger partial charge is 0.437 e. The van der Waals surface area contributed by atoms with Crippen molar-refractivity contribution in [3.63, 3.8) is 0 Å². The fourth-order valence-electron chi connectivity index (χ4n) is 1.59. The molecule has 0 saturated carbocycles. The minimum atomic E-state index is -5.00. The Labute approximate surface area is 109 Å². The first-order chi connectivity index (χ1) is 9.21. The molecule has 106 valence electrons. The summed E-state index contributed by atoms with van der Waals surface area (Å²) < 4.78 is 56.3. The molecule has 0 aliphatic rings. The second kappa shape index (κ2) is 4.62. The van der Waals surface area contributed by atoms with Crippen molar-refractivity contribution in [3.05, 3.63) is 41.0 Å². The van der Waals surface area contributed by atoms with E-state index in [2.05, 4.69) is 9.40 Å². The lowest BCUT2D eigenvalue weighted by molar-refractivity contribution is -0.141. The zero-order chi connectivity index (χ0) is 15.1. The van der Waals surface area contributed by atoms with Gasteiger partial charge in [-0.3, -0.25) is 0 Å². The van der Waals surface area contributed by atoms with Gasteiger partial charge in [-0.1, -0.05) is 12.1 Å². The Hall–Kier alpha value is -2.38. The molecule has 1 aromatic heterocycles. The van der Waals surface area contributed by atoms with Crippen LogP contribution >= 0.6 is 0 Å². The predicted octanol–water partition coefficient (Wildman–Crippen LogP) is 3.51. The molecule has 0 unspecified atom stereocenters. The first-order valence-corrected chi connectivity index (χ1v) is 5.28. The molecule has 0 atom stereocenters. The van der Waals surface area contributed by atoms with E-state index in [-0.39, 0.29) is 11.1 Å². The van der Waals surface area contributed by atoms with Gasteiger partial charge in [-0.2, -0.15) is 13.2 Å². The molecule has 0 aliphatic heterocycles. The van der Waals surface area contributed by atoms with Crippen LogP contribution in [0.5, 0.6) is 0 Å². The SMILES string of the molecule is Cc1cccc(-c2nc(C(F)(F)F)c(C(=O)O)o2)c1F. The zero-order valence-electron chi connectivity index (χ0n) is 9.95. The quantitative estimate of drug-likeness (QED) is 0.859. The van der Waals surface area contributed by atoms with E-state index in [1.54, 1.807) is 0 Å². The van der Waals surface area contributed by atoms with Crippen molar-refractivity contribution in [1.82, 2.24) is 4.98 Å². The van der Waals surface area contributed by atoms with E-state index >= 15 is 0 Å². The lowest BCUT2D eigenvalue weighted by atomic mass is 10.1. The number of aromatic nitrogens is 1. The normalized spacial score (nSPS) is 11.7. The molecule has 2 aromatic rings. The minimum absolute atomic E-state index is 0.172. The number of benzene rings is 1. The number of aromatic carboxylic acids is 1. The molecule has 8 heteroatoms. The molecule has 20 heavy (non-hydrogen) atoms. The van der Waals surface area contributed by atoms with Gasteiger partial charge in [0.15, 0.2) is 5.69 Å². The van der Waals surface area contributed by atoms with Crippen molar-refractivity contribution in [2.75, 3.05) is 0 Å². The second-order valence-corrected chi connectivity index (χ2v) is 3.94. The number of alkyl halides is 3. The molecular weight excluding hydrogens is 282 g/mol. The molecule has 0 amide bonds. The van der Waals surface area contributed by atoms with Gasteiger partial charge in [0.2, 0.25) is 11.7 Å². The molecule has 2 rings (SSSR count). The molecule has 0 bridgehead atoms. The number of rotatable bonds is 2. The number of aryl methyl sites for hydroxylation is 1. The van der Waals surface area contributed by atoms with Crippen molar-refractivity contribution in [3.8, 4) is 11.5 Å². The van der Waals surface area contributed by atoms with Gasteiger partial charge < -0.3 is 9.52 Å². The van der Waals surface area contributed by atoms with E-state index in [0.29, 0.717) is 0 Å². The predicted molar refractivity (Wildman–Crippen MR) is 58.6 cm³/mol. The molecule has 0 fully saturated rings. The topological polar surface area (TPSA) is 63.3 Å². The van der Waals surface area contributed by atoms with Gasteiger partial charge in [-0.25, -0.2) is 14.2 Å². The second-order valence-electron chi connectivity index (χ2n) is 3.94. The Bertz CT molecular complexity index is 676. The van der Waals surface area contributed by atoms with Crippen LogP contribution in [0.1, 0.15) is 21.8 Å². The van der Waals surface area contributed by atoms with Gasteiger partial charge in [0.05, 0.1) is 5.56 Å².